The highest BCUT2D eigenvalue weighted by atomic mass is 35.5. The zero-order chi connectivity index (χ0) is 20.4. The molecule has 0 fully saturated rings. The average molecular weight is 428 g/mol. The number of carboxylic acid groups (broad SMARTS) is 1. The predicted octanol–water partition coefficient (Wildman–Crippen LogP) is 5.64. The summed E-state index contributed by atoms with van der Waals surface area (Å²) < 4.78 is 5.96. The molecular weight excluding hydrogens is 410 g/mol. The van der Waals surface area contributed by atoms with Crippen LogP contribution in [0.2, 0.25) is 5.02 Å². The van der Waals surface area contributed by atoms with E-state index < -0.39 is 5.97 Å². The molecule has 7 heteroatoms. The number of aromatic carboxylic acids is 1. The molecule has 5 nitrogen and oxygen atoms in total. The van der Waals surface area contributed by atoms with Crippen LogP contribution in [-0.4, -0.2) is 27.8 Å². The predicted molar refractivity (Wildman–Crippen MR) is 114 cm³/mol. The van der Waals surface area contributed by atoms with Crippen molar-refractivity contribution < 1.29 is 19.7 Å². The number of aromatic hydroxyl groups is 1. The van der Waals surface area contributed by atoms with Crippen LogP contribution in [0.1, 0.15) is 33.1 Å². The zero-order valence-electron chi connectivity index (χ0n) is 15.3. The summed E-state index contributed by atoms with van der Waals surface area (Å²) in [5, 5.41) is 24.4. The van der Waals surface area contributed by atoms with Crippen LogP contribution in [0, 0.1) is 0 Å². The van der Waals surface area contributed by atoms with Crippen LogP contribution in [0.5, 0.6) is 5.75 Å². The van der Waals surface area contributed by atoms with Gasteiger partial charge in [0.25, 0.3) is 0 Å². The minimum atomic E-state index is -0.983. The van der Waals surface area contributed by atoms with Gasteiger partial charge < -0.3 is 19.9 Å². The Labute approximate surface area is 176 Å². The summed E-state index contributed by atoms with van der Waals surface area (Å²) in [6.45, 7) is 0.702. The first kappa shape index (κ1) is 19.5. The Bertz CT molecular complexity index is 1150. The van der Waals surface area contributed by atoms with Gasteiger partial charge in [0.2, 0.25) is 0 Å². The van der Waals surface area contributed by atoms with E-state index in [0.717, 1.165) is 27.6 Å². The molecule has 3 N–H and O–H groups in total. The molecule has 0 spiro atoms. The summed E-state index contributed by atoms with van der Waals surface area (Å²) in [6, 6.07) is 14.3. The quantitative estimate of drug-likeness (QED) is 0.356. The Hall–Kier alpha value is -2.80. The van der Waals surface area contributed by atoms with E-state index >= 15 is 0 Å². The molecule has 2 heterocycles. The highest BCUT2D eigenvalue weighted by molar-refractivity contribution is 7.08. The molecule has 0 bridgehead atoms. The lowest BCUT2D eigenvalue weighted by Gasteiger charge is -2.17. The van der Waals surface area contributed by atoms with Crippen molar-refractivity contribution >= 4 is 39.8 Å². The summed E-state index contributed by atoms with van der Waals surface area (Å²) in [7, 11) is 0. The number of ether oxygens (including phenoxy) is 1. The van der Waals surface area contributed by atoms with Gasteiger partial charge in [-0.15, -0.1) is 0 Å². The first-order valence-electron chi connectivity index (χ1n) is 8.94. The fraction of sp³-hybridized carbons (Fsp3) is 0.136. The lowest BCUT2D eigenvalue weighted by Crippen LogP contribution is -2.09. The molecule has 0 aliphatic heterocycles. The first-order chi connectivity index (χ1) is 14.0. The van der Waals surface area contributed by atoms with Gasteiger partial charge >= 0.3 is 5.97 Å². The minimum Gasteiger partial charge on any atom is -0.508 e. The number of fused-ring (bicyclic) bond motifs is 1. The highest BCUT2D eigenvalue weighted by Crippen LogP contribution is 2.30. The standard InChI is InChI=1S/C22H18ClNO4S/c23-19-3-2-17(25)8-16(19)10-28-11-18(14-5-6-29-12-14)13-1-4-20-15(7-13)9-21(24-20)22(26)27/h1-9,12,18,24-25H,10-11H2,(H,26,27). The molecule has 4 rings (SSSR count). The van der Waals surface area contributed by atoms with Crippen LogP contribution >= 0.6 is 22.9 Å². The first-order valence-corrected chi connectivity index (χ1v) is 10.3. The normalized spacial score (nSPS) is 12.3. The van der Waals surface area contributed by atoms with Crippen LogP contribution in [0.15, 0.2) is 59.3 Å². The van der Waals surface area contributed by atoms with Crippen molar-refractivity contribution in [3.8, 4) is 5.75 Å². The number of benzene rings is 2. The van der Waals surface area contributed by atoms with Gasteiger partial charge in [0.15, 0.2) is 0 Å². The number of hydrogen-bond acceptors (Lipinski definition) is 4. The average Bonchev–Trinajstić information content (AvgIpc) is 3.37. The smallest absolute Gasteiger partial charge is 0.352 e. The summed E-state index contributed by atoms with van der Waals surface area (Å²) in [4.78, 5) is 14.1. The Balaban J connectivity index is 1.58. The molecule has 0 aliphatic carbocycles. The maximum absolute atomic E-state index is 11.2. The summed E-state index contributed by atoms with van der Waals surface area (Å²) in [6.07, 6.45) is 0. The Morgan fingerprint density at radius 3 is 2.76 bits per heavy atom. The molecule has 1 unspecified atom stereocenters. The van der Waals surface area contributed by atoms with Crippen LogP contribution in [0.25, 0.3) is 10.9 Å². The van der Waals surface area contributed by atoms with E-state index in [1.54, 1.807) is 29.5 Å². The van der Waals surface area contributed by atoms with E-state index in [4.69, 9.17) is 16.3 Å². The van der Waals surface area contributed by atoms with Crippen LogP contribution < -0.4 is 0 Å². The SMILES string of the molecule is O=C(O)c1cc2cc(C(COCc3cc(O)ccc3Cl)c3ccsc3)ccc2[nH]1. The Kier molecular flexibility index (Phi) is 5.58. The second kappa shape index (κ2) is 8.29. The van der Waals surface area contributed by atoms with Gasteiger partial charge in [-0.2, -0.15) is 11.3 Å². The number of phenols is 1. The maximum atomic E-state index is 11.2. The number of hydrogen-bond donors (Lipinski definition) is 3. The largest absolute Gasteiger partial charge is 0.508 e. The molecule has 2 aromatic heterocycles. The molecule has 0 amide bonds. The molecule has 0 aliphatic rings. The third kappa shape index (κ3) is 4.29. The number of carbonyl (C=O) groups is 1. The van der Waals surface area contributed by atoms with Crippen molar-refractivity contribution in [2.75, 3.05) is 6.61 Å². The Morgan fingerprint density at radius 1 is 1.14 bits per heavy atom. The molecule has 0 radical (unpaired) electrons. The molecule has 29 heavy (non-hydrogen) atoms. The van der Waals surface area contributed by atoms with Crippen LogP contribution in [-0.2, 0) is 11.3 Å². The summed E-state index contributed by atoms with van der Waals surface area (Å²) in [5.41, 5.74) is 3.84. The van der Waals surface area contributed by atoms with Gasteiger partial charge in [0, 0.05) is 21.8 Å². The third-order valence-electron chi connectivity index (χ3n) is 4.79. The number of nitrogens with one attached hydrogen (secondary N) is 1. The van der Waals surface area contributed by atoms with Crippen LogP contribution in [0.3, 0.4) is 0 Å². The number of aromatic amines is 1. The molecule has 0 saturated heterocycles. The van der Waals surface area contributed by atoms with Gasteiger partial charge in [-0.3, -0.25) is 0 Å². The number of halogens is 1. The fourth-order valence-corrected chi connectivity index (χ4v) is 4.19. The van der Waals surface area contributed by atoms with Crippen molar-refractivity contribution in [1.82, 2.24) is 4.98 Å². The van der Waals surface area contributed by atoms with E-state index in [0.29, 0.717) is 11.6 Å². The summed E-state index contributed by atoms with van der Waals surface area (Å²) >= 11 is 7.80. The van der Waals surface area contributed by atoms with Gasteiger partial charge in [-0.25, -0.2) is 4.79 Å². The zero-order valence-corrected chi connectivity index (χ0v) is 16.8. The Morgan fingerprint density at radius 2 is 2.00 bits per heavy atom. The molecule has 0 saturated carbocycles. The molecule has 1 atom stereocenters. The maximum Gasteiger partial charge on any atom is 0.352 e. The van der Waals surface area contributed by atoms with E-state index in [2.05, 4.69) is 16.4 Å². The van der Waals surface area contributed by atoms with Crippen molar-refractivity contribution in [2.24, 2.45) is 0 Å². The molecule has 4 aromatic rings. The topological polar surface area (TPSA) is 82.6 Å². The van der Waals surface area contributed by atoms with E-state index in [1.807, 2.05) is 23.6 Å². The third-order valence-corrected chi connectivity index (χ3v) is 5.86. The lowest BCUT2D eigenvalue weighted by molar-refractivity contribution is 0.0691. The number of aromatic nitrogens is 1. The van der Waals surface area contributed by atoms with Gasteiger partial charge in [0.05, 0.1) is 13.2 Å². The number of phenolic OH excluding ortho intramolecular Hbond substituents is 1. The number of thiophene rings is 1. The number of rotatable bonds is 7. The van der Waals surface area contributed by atoms with E-state index in [-0.39, 0.29) is 24.0 Å². The highest BCUT2D eigenvalue weighted by Gasteiger charge is 2.17. The van der Waals surface area contributed by atoms with Crippen molar-refractivity contribution in [2.45, 2.75) is 12.5 Å². The van der Waals surface area contributed by atoms with Crippen LogP contribution in [0.4, 0.5) is 0 Å². The fourth-order valence-electron chi connectivity index (χ4n) is 3.30. The van der Waals surface area contributed by atoms with Crippen molar-refractivity contribution in [3.05, 3.63) is 86.7 Å². The second-order valence-corrected chi connectivity index (χ2v) is 7.92. The van der Waals surface area contributed by atoms with Gasteiger partial charge in [-0.05, 0) is 69.9 Å². The lowest BCUT2D eigenvalue weighted by atomic mass is 9.93. The van der Waals surface area contributed by atoms with Crippen molar-refractivity contribution in [1.29, 1.82) is 0 Å². The minimum absolute atomic E-state index is 0.00934. The molecule has 2 aromatic carbocycles. The van der Waals surface area contributed by atoms with Crippen molar-refractivity contribution in [3.63, 3.8) is 0 Å². The van der Waals surface area contributed by atoms with Gasteiger partial charge in [0.1, 0.15) is 11.4 Å². The molecular formula is C22H18ClNO4S. The summed E-state index contributed by atoms with van der Waals surface area (Å²) in [5.74, 6) is -0.845. The van der Waals surface area contributed by atoms with E-state index in [9.17, 15) is 15.0 Å². The number of carboxylic acids is 1. The van der Waals surface area contributed by atoms with Gasteiger partial charge in [-0.1, -0.05) is 17.7 Å². The van der Waals surface area contributed by atoms with E-state index in [1.165, 1.54) is 6.07 Å². The molecule has 148 valence electrons. The second-order valence-electron chi connectivity index (χ2n) is 6.73. The monoisotopic (exact) mass is 427 g/mol. The number of H-pyrrole nitrogens is 1.